The third kappa shape index (κ3) is 2.52. The maximum atomic E-state index is 6.15. The van der Waals surface area contributed by atoms with E-state index in [1.807, 2.05) is 0 Å². The minimum atomic E-state index is 0.240. The number of aromatic nitrogens is 4. The Bertz CT molecular complexity index is 571. The molecule has 0 N–H and O–H groups in total. The largest absolute Gasteiger partial charge is 0.474 e. The maximum absolute atomic E-state index is 6.15. The highest BCUT2D eigenvalue weighted by molar-refractivity contribution is 6.29. The van der Waals surface area contributed by atoms with E-state index < -0.39 is 0 Å². The van der Waals surface area contributed by atoms with Gasteiger partial charge in [0.1, 0.15) is 17.6 Å². The van der Waals surface area contributed by atoms with Gasteiger partial charge >= 0.3 is 0 Å². The molecule has 2 atom stereocenters. The predicted octanol–water partition coefficient (Wildman–Crippen LogP) is 3.13. The van der Waals surface area contributed by atoms with E-state index in [0.29, 0.717) is 22.7 Å². The highest BCUT2D eigenvalue weighted by atomic mass is 35.5. The summed E-state index contributed by atoms with van der Waals surface area (Å²) in [6.45, 7) is 2.22. The van der Waals surface area contributed by atoms with E-state index in [1.54, 1.807) is 10.6 Å². The fraction of sp³-hybridized carbons (Fsp3) is 0.615. The van der Waals surface area contributed by atoms with Gasteiger partial charge in [0.2, 0.25) is 5.88 Å². The van der Waals surface area contributed by atoms with Crippen LogP contribution in [0.3, 0.4) is 0 Å². The van der Waals surface area contributed by atoms with Gasteiger partial charge in [-0.2, -0.15) is 19.6 Å². The smallest absolute Gasteiger partial charge is 0.256 e. The van der Waals surface area contributed by atoms with Crippen LogP contribution < -0.4 is 4.74 Å². The highest BCUT2D eigenvalue weighted by Gasteiger charge is 2.26. The molecular weight excluding hydrogens is 264 g/mol. The van der Waals surface area contributed by atoms with Crippen molar-refractivity contribution in [3.8, 4) is 5.88 Å². The van der Waals surface area contributed by atoms with E-state index in [-0.39, 0.29) is 6.10 Å². The number of nitrogens with zero attached hydrogens (tertiary/aromatic N) is 4. The first-order chi connectivity index (χ1) is 9.28. The van der Waals surface area contributed by atoms with Gasteiger partial charge in [-0.25, -0.2) is 0 Å². The molecule has 0 radical (unpaired) electrons. The Morgan fingerprint density at radius 2 is 2.26 bits per heavy atom. The van der Waals surface area contributed by atoms with Gasteiger partial charge < -0.3 is 4.74 Å². The Morgan fingerprint density at radius 1 is 1.42 bits per heavy atom. The van der Waals surface area contributed by atoms with Crippen molar-refractivity contribution in [2.24, 2.45) is 5.92 Å². The number of hydrogen-bond acceptors (Lipinski definition) is 4. The molecule has 0 aliphatic heterocycles. The minimum Gasteiger partial charge on any atom is -0.474 e. The van der Waals surface area contributed by atoms with E-state index >= 15 is 0 Å². The average molecular weight is 281 g/mol. The number of ether oxygens (including phenoxy) is 1. The molecule has 102 valence electrons. The molecule has 1 aliphatic carbocycles. The molecule has 5 nitrogen and oxygen atoms in total. The van der Waals surface area contributed by atoms with Crippen LogP contribution in [0.1, 0.15) is 39.0 Å². The summed E-state index contributed by atoms with van der Waals surface area (Å²) in [4.78, 5) is 8.15. The molecule has 19 heavy (non-hydrogen) atoms. The number of rotatable bonds is 3. The van der Waals surface area contributed by atoms with Crippen molar-refractivity contribution in [3.05, 3.63) is 17.5 Å². The molecule has 0 aromatic carbocycles. The zero-order valence-electron chi connectivity index (χ0n) is 10.9. The molecule has 2 aromatic heterocycles. The van der Waals surface area contributed by atoms with E-state index in [1.165, 1.54) is 25.6 Å². The van der Waals surface area contributed by atoms with E-state index in [9.17, 15) is 0 Å². The van der Waals surface area contributed by atoms with Gasteiger partial charge in [0, 0.05) is 6.07 Å². The van der Waals surface area contributed by atoms with Gasteiger partial charge in [0.05, 0.1) is 0 Å². The molecular formula is C13H17ClN4O. The molecule has 1 fully saturated rings. The molecule has 2 aromatic rings. The van der Waals surface area contributed by atoms with Crippen molar-refractivity contribution in [2.75, 3.05) is 0 Å². The number of fused-ring (bicyclic) bond motifs is 1. The lowest BCUT2D eigenvalue weighted by Gasteiger charge is -2.31. The first-order valence-corrected chi connectivity index (χ1v) is 7.18. The highest BCUT2D eigenvalue weighted by Crippen LogP contribution is 2.30. The van der Waals surface area contributed by atoms with Crippen molar-refractivity contribution in [1.29, 1.82) is 0 Å². The Morgan fingerprint density at radius 3 is 3.11 bits per heavy atom. The lowest BCUT2D eigenvalue weighted by molar-refractivity contribution is 0.0833. The summed E-state index contributed by atoms with van der Waals surface area (Å²) in [5.41, 5.74) is 0. The summed E-state index contributed by atoms with van der Waals surface area (Å²) in [6, 6.07) is 1.71. The second-order valence-corrected chi connectivity index (χ2v) is 5.39. The number of hydrogen-bond donors (Lipinski definition) is 0. The van der Waals surface area contributed by atoms with Crippen molar-refractivity contribution in [3.63, 3.8) is 0 Å². The fourth-order valence-corrected chi connectivity index (χ4v) is 2.96. The Balaban J connectivity index is 1.89. The second kappa shape index (κ2) is 5.33. The summed E-state index contributed by atoms with van der Waals surface area (Å²) >= 11 is 6.00. The molecule has 6 heteroatoms. The molecule has 1 saturated carbocycles. The molecule has 2 heterocycles. The van der Waals surface area contributed by atoms with Crippen LogP contribution in [0.4, 0.5) is 0 Å². The molecule has 0 spiro atoms. The zero-order valence-corrected chi connectivity index (χ0v) is 11.7. The molecule has 1 aliphatic rings. The monoisotopic (exact) mass is 280 g/mol. The van der Waals surface area contributed by atoms with Gasteiger partial charge in [0.15, 0.2) is 0 Å². The SMILES string of the molecule is CCC1CCCCC1Oc1cc(Cl)nc2ncnn12. The summed E-state index contributed by atoms with van der Waals surface area (Å²) in [5, 5.41) is 4.52. The molecule has 2 unspecified atom stereocenters. The Labute approximate surface area is 117 Å². The Kier molecular flexibility index (Phi) is 3.55. The summed E-state index contributed by atoms with van der Waals surface area (Å²) in [7, 11) is 0. The number of halogens is 1. The van der Waals surface area contributed by atoms with Gasteiger partial charge in [-0.3, -0.25) is 0 Å². The van der Waals surface area contributed by atoms with Gasteiger partial charge in [0.25, 0.3) is 5.78 Å². The lowest BCUT2D eigenvalue weighted by Crippen LogP contribution is -2.30. The Hall–Kier alpha value is -1.36. The normalized spacial score (nSPS) is 23.7. The van der Waals surface area contributed by atoms with Crippen LogP contribution in [0.15, 0.2) is 12.4 Å². The second-order valence-electron chi connectivity index (χ2n) is 5.00. The van der Waals surface area contributed by atoms with E-state index in [4.69, 9.17) is 16.3 Å². The van der Waals surface area contributed by atoms with Gasteiger partial charge in [-0.15, -0.1) is 0 Å². The van der Waals surface area contributed by atoms with E-state index in [0.717, 1.165) is 12.8 Å². The fourth-order valence-electron chi connectivity index (χ4n) is 2.79. The van der Waals surface area contributed by atoms with Crippen LogP contribution >= 0.6 is 11.6 Å². The standard InChI is InChI=1S/C13H17ClN4O/c1-2-9-5-3-4-6-10(9)19-12-7-11(14)17-13-15-8-16-18(12)13/h7-10H,2-6H2,1H3. The molecule has 3 rings (SSSR count). The van der Waals surface area contributed by atoms with Crippen LogP contribution in [0.5, 0.6) is 5.88 Å². The van der Waals surface area contributed by atoms with Crippen LogP contribution in [-0.2, 0) is 0 Å². The first-order valence-electron chi connectivity index (χ1n) is 6.81. The molecule has 0 amide bonds. The van der Waals surface area contributed by atoms with Crippen LogP contribution in [0.2, 0.25) is 5.15 Å². The minimum absolute atomic E-state index is 0.240. The van der Waals surface area contributed by atoms with E-state index in [2.05, 4.69) is 22.0 Å². The van der Waals surface area contributed by atoms with Crippen LogP contribution in [-0.4, -0.2) is 25.7 Å². The van der Waals surface area contributed by atoms with Crippen LogP contribution in [0, 0.1) is 5.92 Å². The van der Waals surface area contributed by atoms with Gasteiger partial charge in [-0.1, -0.05) is 24.9 Å². The van der Waals surface area contributed by atoms with Crippen molar-refractivity contribution < 1.29 is 4.74 Å². The van der Waals surface area contributed by atoms with Crippen molar-refractivity contribution in [1.82, 2.24) is 19.6 Å². The third-order valence-corrected chi connectivity index (χ3v) is 4.02. The molecule has 0 bridgehead atoms. The van der Waals surface area contributed by atoms with Crippen molar-refractivity contribution in [2.45, 2.75) is 45.1 Å². The summed E-state index contributed by atoms with van der Waals surface area (Å²) in [5.74, 6) is 1.73. The zero-order chi connectivity index (χ0) is 13.2. The average Bonchev–Trinajstić information content (AvgIpc) is 2.87. The topological polar surface area (TPSA) is 52.3 Å². The van der Waals surface area contributed by atoms with Gasteiger partial charge in [-0.05, 0) is 31.6 Å². The lowest BCUT2D eigenvalue weighted by atomic mass is 9.85. The van der Waals surface area contributed by atoms with Crippen molar-refractivity contribution >= 4 is 17.4 Å². The summed E-state index contributed by atoms with van der Waals surface area (Å²) < 4.78 is 7.75. The quantitative estimate of drug-likeness (QED) is 0.811. The maximum Gasteiger partial charge on any atom is 0.256 e. The predicted molar refractivity (Wildman–Crippen MR) is 72.5 cm³/mol. The van der Waals surface area contributed by atoms with Crippen LogP contribution in [0.25, 0.3) is 5.78 Å². The molecule has 0 saturated heterocycles. The third-order valence-electron chi connectivity index (χ3n) is 3.82. The summed E-state index contributed by atoms with van der Waals surface area (Å²) in [6.07, 6.45) is 7.70. The first kappa shape index (κ1) is 12.7.